The van der Waals surface area contributed by atoms with Gasteiger partial charge in [-0.15, -0.1) is 0 Å². The van der Waals surface area contributed by atoms with Crippen LogP contribution in [0.5, 0.6) is 0 Å². The van der Waals surface area contributed by atoms with E-state index in [9.17, 15) is 9.59 Å². The Hall–Kier alpha value is -1.88. The monoisotopic (exact) mass is 263 g/mol. The van der Waals surface area contributed by atoms with Gasteiger partial charge in [-0.05, 0) is 19.4 Å². The van der Waals surface area contributed by atoms with Crippen LogP contribution in [0.25, 0.3) is 0 Å². The van der Waals surface area contributed by atoms with Gasteiger partial charge in [0.15, 0.2) is 6.04 Å². The van der Waals surface area contributed by atoms with Gasteiger partial charge in [-0.1, -0.05) is 30.3 Å². The topological polar surface area (TPSA) is 55.8 Å². The molecule has 1 aromatic rings. The number of hydrogen-bond donors (Lipinski definition) is 0. The Kier molecular flexibility index (Phi) is 4.16. The molecule has 102 valence electrons. The molecule has 2 rings (SSSR count). The second kappa shape index (κ2) is 5.84. The first kappa shape index (κ1) is 13.5. The molecule has 1 aliphatic heterocycles. The summed E-state index contributed by atoms with van der Waals surface area (Å²) in [5, 5.41) is 1.11. The van der Waals surface area contributed by atoms with Crippen molar-refractivity contribution in [3.63, 3.8) is 0 Å². The number of carbonyl (C=O) groups is 2. The van der Waals surface area contributed by atoms with Crippen molar-refractivity contribution in [3.8, 4) is 0 Å². The van der Waals surface area contributed by atoms with Crippen LogP contribution in [0.4, 0.5) is 0 Å². The minimum absolute atomic E-state index is 0.153. The highest BCUT2D eigenvalue weighted by Gasteiger charge is 2.44. The number of β-lactam (4-membered cyclic amide) rings is 1. The summed E-state index contributed by atoms with van der Waals surface area (Å²) >= 11 is 0. The molecular weight excluding hydrogens is 246 g/mol. The maximum atomic E-state index is 11.7. The first-order valence-electron chi connectivity index (χ1n) is 6.27. The fraction of sp³-hybridized carbons (Fsp3) is 0.429. The number of ether oxygens (including phenoxy) is 1. The third kappa shape index (κ3) is 3.32. The van der Waals surface area contributed by atoms with Gasteiger partial charge < -0.3 is 4.74 Å². The molecule has 1 fully saturated rings. The Morgan fingerprint density at radius 3 is 2.63 bits per heavy atom. The fourth-order valence-electron chi connectivity index (χ4n) is 1.77. The minimum atomic E-state index is -0.612. The highest BCUT2D eigenvalue weighted by molar-refractivity contribution is 5.94. The summed E-state index contributed by atoms with van der Waals surface area (Å²) in [5.41, 5.74) is 0.943. The van der Waals surface area contributed by atoms with Crippen LogP contribution in [0.1, 0.15) is 25.8 Å². The summed E-state index contributed by atoms with van der Waals surface area (Å²) in [6, 6.07) is 8.86. The van der Waals surface area contributed by atoms with Crippen LogP contribution >= 0.6 is 0 Å². The molecule has 0 aliphatic carbocycles. The largest absolute Gasteiger partial charge is 0.461 e. The molecule has 5 heteroatoms. The van der Waals surface area contributed by atoms with Gasteiger partial charge in [0, 0.05) is 0 Å². The quantitative estimate of drug-likeness (QED) is 0.599. The average Bonchev–Trinajstić information content (AvgIpc) is 2.36. The molecule has 1 aromatic carbocycles. The van der Waals surface area contributed by atoms with E-state index in [0.29, 0.717) is 0 Å². The molecule has 1 saturated heterocycles. The van der Waals surface area contributed by atoms with Gasteiger partial charge in [-0.2, -0.15) is 0 Å². The van der Waals surface area contributed by atoms with Crippen molar-refractivity contribution in [3.05, 3.63) is 35.9 Å². The van der Waals surface area contributed by atoms with Crippen LogP contribution in [-0.2, 0) is 25.8 Å². The van der Waals surface area contributed by atoms with Gasteiger partial charge in [-0.25, -0.2) is 9.86 Å². The Balaban J connectivity index is 1.88. The van der Waals surface area contributed by atoms with E-state index < -0.39 is 12.0 Å². The molecule has 0 N–H and O–H groups in total. The van der Waals surface area contributed by atoms with E-state index >= 15 is 0 Å². The zero-order valence-electron chi connectivity index (χ0n) is 11.0. The summed E-state index contributed by atoms with van der Waals surface area (Å²) < 4.78 is 5.07. The Morgan fingerprint density at radius 1 is 1.37 bits per heavy atom. The Bertz CT molecular complexity index is 458. The molecular formula is C14H17NO4. The summed E-state index contributed by atoms with van der Waals surface area (Å²) in [5.74, 6) is -0.607. The highest BCUT2D eigenvalue weighted by atomic mass is 16.7. The van der Waals surface area contributed by atoms with E-state index in [-0.39, 0.29) is 25.0 Å². The second-order valence-electron chi connectivity index (χ2n) is 4.68. The van der Waals surface area contributed by atoms with Crippen molar-refractivity contribution in [2.75, 3.05) is 0 Å². The van der Waals surface area contributed by atoms with Crippen LogP contribution in [0.15, 0.2) is 30.3 Å². The molecule has 0 spiro atoms. The maximum absolute atomic E-state index is 11.7. The second-order valence-corrected chi connectivity index (χ2v) is 4.68. The summed E-state index contributed by atoms with van der Waals surface area (Å²) in [7, 11) is 0. The molecule has 0 saturated carbocycles. The Morgan fingerprint density at radius 2 is 2.05 bits per heavy atom. The lowest BCUT2D eigenvalue weighted by Gasteiger charge is -2.37. The van der Waals surface area contributed by atoms with Gasteiger partial charge in [0.25, 0.3) is 0 Å². The van der Waals surface area contributed by atoms with Crippen LogP contribution in [0.3, 0.4) is 0 Å². The van der Waals surface area contributed by atoms with Crippen LogP contribution < -0.4 is 0 Å². The van der Waals surface area contributed by atoms with E-state index in [4.69, 9.17) is 9.57 Å². The molecule has 19 heavy (non-hydrogen) atoms. The number of carbonyl (C=O) groups excluding carboxylic acids is 2. The number of nitrogens with zero attached hydrogens (tertiary/aromatic N) is 1. The Labute approximate surface area is 112 Å². The minimum Gasteiger partial charge on any atom is -0.461 e. The van der Waals surface area contributed by atoms with Gasteiger partial charge in [0.2, 0.25) is 5.91 Å². The van der Waals surface area contributed by atoms with Crippen molar-refractivity contribution in [1.82, 2.24) is 5.06 Å². The van der Waals surface area contributed by atoms with Crippen LogP contribution in [-0.4, -0.2) is 29.1 Å². The average molecular weight is 263 g/mol. The molecule has 0 bridgehead atoms. The smallest absolute Gasteiger partial charge is 0.332 e. The lowest BCUT2D eigenvalue weighted by molar-refractivity contribution is -0.238. The lowest BCUT2D eigenvalue weighted by atomic mass is 10.1. The molecule has 1 aliphatic rings. The number of esters is 1. The SMILES string of the molecule is CC(C)OC(=O)C1CC(=O)N1OCc1ccccc1. The van der Waals surface area contributed by atoms with Crippen molar-refractivity contribution in [2.24, 2.45) is 0 Å². The first-order chi connectivity index (χ1) is 9.08. The third-order valence-electron chi connectivity index (χ3n) is 2.73. The molecule has 1 unspecified atom stereocenters. The van der Waals surface area contributed by atoms with E-state index in [1.54, 1.807) is 13.8 Å². The molecule has 5 nitrogen and oxygen atoms in total. The van der Waals surface area contributed by atoms with E-state index in [2.05, 4.69) is 0 Å². The van der Waals surface area contributed by atoms with Crippen molar-refractivity contribution >= 4 is 11.9 Å². The van der Waals surface area contributed by atoms with Crippen molar-refractivity contribution < 1.29 is 19.2 Å². The number of benzene rings is 1. The molecule has 1 heterocycles. The lowest BCUT2D eigenvalue weighted by Crippen LogP contribution is -2.56. The van der Waals surface area contributed by atoms with Gasteiger partial charge >= 0.3 is 5.97 Å². The standard InChI is InChI=1S/C14H17NO4/c1-10(2)19-14(17)12-8-13(16)15(12)18-9-11-6-4-3-5-7-11/h3-7,10,12H,8-9H2,1-2H3. The van der Waals surface area contributed by atoms with Gasteiger partial charge in [0.1, 0.15) is 6.61 Å². The summed E-state index contributed by atoms with van der Waals surface area (Å²) in [6.07, 6.45) is -0.0421. The van der Waals surface area contributed by atoms with Gasteiger partial charge in [0.05, 0.1) is 12.5 Å². The fourth-order valence-corrected chi connectivity index (χ4v) is 1.77. The van der Waals surface area contributed by atoms with Crippen LogP contribution in [0.2, 0.25) is 0 Å². The molecule has 1 amide bonds. The van der Waals surface area contributed by atoms with Crippen LogP contribution in [0, 0.1) is 0 Å². The first-order valence-corrected chi connectivity index (χ1v) is 6.27. The van der Waals surface area contributed by atoms with Gasteiger partial charge in [-0.3, -0.25) is 9.63 Å². The van der Waals surface area contributed by atoms with Crippen molar-refractivity contribution in [1.29, 1.82) is 0 Å². The van der Waals surface area contributed by atoms with E-state index in [1.807, 2.05) is 30.3 Å². The maximum Gasteiger partial charge on any atom is 0.332 e. The normalized spacial score (nSPS) is 18.4. The predicted molar refractivity (Wildman–Crippen MR) is 67.7 cm³/mol. The van der Waals surface area contributed by atoms with E-state index in [1.165, 1.54) is 0 Å². The zero-order valence-corrected chi connectivity index (χ0v) is 11.0. The van der Waals surface area contributed by atoms with Crippen molar-refractivity contribution in [2.45, 2.75) is 39.0 Å². The number of rotatable bonds is 5. The number of hydroxylamine groups is 2. The number of amides is 1. The number of hydrogen-bond acceptors (Lipinski definition) is 4. The highest BCUT2D eigenvalue weighted by Crippen LogP contribution is 2.22. The molecule has 1 atom stereocenters. The summed E-state index contributed by atoms with van der Waals surface area (Å²) in [6.45, 7) is 3.80. The predicted octanol–water partition coefficient (Wildman–Crippen LogP) is 1.67. The van der Waals surface area contributed by atoms with E-state index in [0.717, 1.165) is 10.6 Å². The summed E-state index contributed by atoms with van der Waals surface area (Å²) in [4.78, 5) is 28.5. The molecule has 0 radical (unpaired) electrons. The molecule has 0 aromatic heterocycles. The zero-order chi connectivity index (χ0) is 13.8. The third-order valence-corrected chi connectivity index (χ3v) is 2.73.